The van der Waals surface area contributed by atoms with Crippen molar-refractivity contribution in [3.05, 3.63) is 21.4 Å². The second-order valence-corrected chi connectivity index (χ2v) is 6.38. The molecule has 18 heavy (non-hydrogen) atoms. The highest BCUT2D eigenvalue weighted by molar-refractivity contribution is 7.99. The van der Waals surface area contributed by atoms with E-state index in [1.54, 1.807) is 23.1 Å². The molecule has 0 saturated carbocycles. The number of aliphatic hydroxyl groups excluding tert-OH is 1. The number of nitrogens with one attached hydrogen (secondary N) is 1. The molecule has 102 valence electrons. The average molecular weight is 287 g/mol. The minimum Gasteiger partial charge on any atom is -0.396 e. The van der Waals surface area contributed by atoms with Crippen LogP contribution in [0.3, 0.4) is 0 Å². The molecule has 1 aromatic heterocycles. The minimum absolute atomic E-state index is 0.0329. The minimum atomic E-state index is 0.0329. The summed E-state index contributed by atoms with van der Waals surface area (Å²) in [6.07, 6.45) is 1.81. The van der Waals surface area contributed by atoms with Crippen LogP contribution in [0.1, 0.15) is 33.5 Å². The highest BCUT2D eigenvalue weighted by atomic mass is 32.2. The SMILES string of the molecule is CCc1sc(C(=O)NCCSCCCO)cc1C. The molecule has 1 amide bonds. The first-order valence-electron chi connectivity index (χ1n) is 6.25. The van der Waals surface area contributed by atoms with Gasteiger partial charge in [0.25, 0.3) is 5.91 Å². The summed E-state index contributed by atoms with van der Waals surface area (Å²) < 4.78 is 0. The summed E-state index contributed by atoms with van der Waals surface area (Å²) in [4.78, 5) is 14.0. The van der Waals surface area contributed by atoms with Crippen LogP contribution in [0.4, 0.5) is 0 Å². The average Bonchev–Trinajstić information content (AvgIpc) is 2.74. The van der Waals surface area contributed by atoms with Gasteiger partial charge in [0.1, 0.15) is 0 Å². The van der Waals surface area contributed by atoms with Crippen molar-refractivity contribution in [2.24, 2.45) is 0 Å². The molecule has 2 N–H and O–H groups in total. The molecule has 0 bridgehead atoms. The lowest BCUT2D eigenvalue weighted by molar-refractivity contribution is 0.0960. The third-order valence-electron chi connectivity index (χ3n) is 2.54. The zero-order valence-corrected chi connectivity index (χ0v) is 12.6. The summed E-state index contributed by atoms with van der Waals surface area (Å²) in [7, 11) is 0. The van der Waals surface area contributed by atoms with Gasteiger partial charge in [0.15, 0.2) is 0 Å². The lowest BCUT2D eigenvalue weighted by Crippen LogP contribution is -2.25. The second kappa shape index (κ2) is 8.56. The van der Waals surface area contributed by atoms with Crippen molar-refractivity contribution < 1.29 is 9.90 Å². The van der Waals surface area contributed by atoms with Crippen LogP contribution < -0.4 is 5.32 Å². The molecule has 0 saturated heterocycles. The van der Waals surface area contributed by atoms with E-state index in [4.69, 9.17) is 5.11 Å². The van der Waals surface area contributed by atoms with Crippen LogP contribution in [0.5, 0.6) is 0 Å². The molecule has 0 aliphatic carbocycles. The molecule has 1 aromatic rings. The molecule has 0 aliphatic heterocycles. The number of thioether (sulfide) groups is 1. The van der Waals surface area contributed by atoms with E-state index in [1.807, 2.05) is 6.07 Å². The van der Waals surface area contributed by atoms with Crippen molar-refractivity contribution in [1.29, 1.82) is 0 Å². The molecule has 0 fully saturated rings. The van der Waals surface area contributed by atoms with Gasteiger partial charge in [0.05, 0.1) is 4.88 Å². The van der Waals surface area contributed by atoms with E-state index >= 15 is 0 Å². The molecule has 0 aromatic carbocycles. The Hall–Kier alpha value is -0.520. The van der Waals surface area contributed by atoms with Crippen LogP contribution in [0.15, 0.2) is 6.07 Å². The van der Waals surface area contributed by atoms with E-state index < -0.39 is 0 Å². The van der Waals surface area contributed by atoms with Crippen LogP contribution in [0.25, 0.3) is 0 Å². The summed E-state index contributed by atoms with van der Waals surface area (Å²) in [5.41, 5.74) is 1.21. The standard InChI is InChI=1S/C13H21NO2S2/c1-3-11-10(2)9-12(18-11)13(16)14-5-8-17-7-4-6-15/h9,15H,3-8H2,1-2H3,(H,14,16). The molecule has 3 nitrogen and oxygen atoms in total. The van der Waals surface area contributed by atoms with E-state index in [2.05, 4.69) is 19.2 Å². The van der Waals surface area contributed by atoms with Gasteiger partial charge in [0.2, 0.25) is 0 Å². The molecule has 0 spiro atoms. The third kappa shape index (κ3) is 5.00. The number of aliphatic hydroxyl groups is 1. The van der Waals surface area contributed by atoms with Crippen molar-refractivity contribution in [2.75, 3.05) is 24.7 Å². The summed E-state index contributed by atoms with van der Waals surface area (Å²) in [6, 6.07) is 1.97. The highest BCUT2D eigenvalue weighted by Crippen LogP contribution is 2.22. The Morgan fingerprint density at radius 2 is 2.28 bits per heavy atom. The molecular weight excluding hydrogens is 266 g/mol. The van der Waals surface area contributed by atoms with Gasteiger partial charge in [-0.2, -0.15) is 11.8 Å². The summed E-state index contributed by atoms with van der Waals surface area (Å²) in [5.74, 6) is 1.88. The van der Waals surface area contributed by atoms with Gasteiger partial charge < -0.3 is 10.4 Å². The highest BCUT2D eigenvalue weighted by Gasteiger charge is 2.10. The number of hydrogen-bond donors (Lipinski definition) is 2. The first-order valence-corrected chi connectivity index (χ1v) is 8.22. The predicted molar refractivity (Wildman–Crippen MR) is 79.8 cm³/mol. The van der Waals surface area contributed by atoms with Gasteiger partial charge in [-0.25, -0.2) is 0 Å². The quantitative estimate of drug-likeness (QED) is 0.722. The topological polar surface area (TPSA) is 49.3 Å². The number of aryl methyl sites for hydroxylation is 2. The third-order valence-corrected chi connectivity index (χ3v) is 4.99. The Morgan fingerprint density at radius 3 is 2.89 bits per heavy atom. The smallest absolute Gasteiger partial charge is 0.261 e. The molecular formula is C13H21NO2S2. The molecule has 1 heterocycles. The Labute approximate surface area is 117 Å². The van der Waals surface area contributed by atoms with E-state index in [0.29, 0.717) is 6.54 Å². The predicted octanol–water partition coefficient (Wildman–Crippen LogP) is 2.46. The zero-order chi connectivity index (χ0) is 13.4. The Balaban J connectivity index is 2.27. The van der Waals surface area contributed by atoms with E-state index in [1.165, 1.54) is 10.4 Å². The van der Waals surface area contributed by atoms with Crippen molar-refractivity contribution in [1.82, 2.24) is 5.32 Å². The van der Waals surface area contributed by atoms with Crippen LogP contribution in [-0.2, 0) is 6.42 Å². The summed E-state index contributed by atoms with van der Waals surface area (Å²) >= 11 is 3.34. The van der Waals surface area contributed by atoms with Crippen molar-refractivity contribution in [3.8, 4) is 0 Å². The normalized spacial score (nSPS) is 10.6. The summed E-state index contributed by atoms with van der Waals surface area (Å²) in [5, 5.41) is 11.6. The van der Waals surface area contributed by atoms with Crippen LogP contribution in [0, 0.1) is 6.92 Å². The first kappa shape index (κ1) is 15.5. The van der Waals surface area contributed by atoms with Gasteiger partial charge >= 0.3 is 0 Å². The fourth-order valence-electron chi connectivity index (χ4n) is 1.58. The monoisotopic (exact) mass is 287 g/mol. The number of thiophene rings is 1. The maximum absolute atomic E-state index is 11.9. The number of amides is 1. The van der Waals surface area contributed by atoms with Gasteiger partial charge in [-0.05, 0) is 37.1 Å². The largest absolute Gasteiger partial charge is 0.396 e. The number of hydrogen-bond acceptors (Lipinski definition) is 4. The van der Waals surface area contributed by atoms with Crippen LogP contribution in [0.2, 0.25) is 0 Å². The summed E-state index contributed by atoms with van der Waals surface area (Å²) in [6.45, 7) is 5.09. The zero-order valence-electron chi connectivity index (χ0n) is 11.0. The Bertz CT molecular complexity index is 377. The first-order chi connectivity index (χ1) is 8.69. The maximum Gasteiger partial charge on any atom is 0.261 e. The van der Waals surface area contributed by atoms with Crippen LogP contribution in [-0.4, -0.2) is 35.7 Å². The fraction of sp³-hybridized carbons (Fsp3) is 0.615. The fourth-order valence-corrected chi connectivity index (χ4v) is 3.39. The molecule has 0 aliphatic rings. The number of rotatable bonds is 8. The lowest BCUT2D eigenvalue weighted by Gasteiger charge is -2.03. The molecule has 0 unspecified atom stereocenters. The molecule has 1 rings (SSSR count). The van der Waals surface area contributed by atoms with Gasteiger partial charge in [-0.15, -0.1) is 11.3 Å². The van der Waals surface area contributed by atoms with Crippen molar-refractivity contribution >= 4 is 29.0 Å². The van der Waals surface area contributed by atoms with Gasteiger partial charge in [-0.1, -0.05) is 6.92 Å². The number of carbonyl (C=O) groups excluding carboxylic acids is 1. The lowest BCUT2D eigenvalue weighted by atomic mass is 10.2. The second-order valence-electron chi connectivity index (χ2n) is 4.02. The van der Waals surface area contributed by atoms with Gasteiger partial charge in [0, 0.05) is 23.8 Å². The molecule has 0 atom stereocenters. The van der Waals surface area contributed by atoms with Gasteiger partial charge in [-0.3, -0.25) is 4.79 Å². The molecule has 5 heteroatoms. The Kier molecular flexibility index (Phi) is 7.39. The van der Waals surface area contributed by atoms with E-state index in [9.17, 15) is 4.79 Å². The number of carbonyl (C=O) groups is 1. The van der Waals surface area contributed by atoms with E-state index in [0.717, 1.165) is 29.2 Å². The maximum atomic E-state index is 11.9. The molecule has 0 radical (unpaired) electrons. The van der Waals surface area contributed by atoms with Crippen molar-refractivity contribution in [2.45, 2.75) is 26.7 Å². The Morgan fingerprint density at radius 1 is 1.50 bits per heavy atom. The van der Waals surface area contributed by atoms with E-state index in [-0.39, 0.29) is 12.5 Å². The van der Waals surface area contributed by atoms with Crippen molar-refractivity contribution in [3.63, 3.8) is 0 Å². The van der Waals surface area contributed by atoms with Crippen LogP contribution >= 0.6 is 23.1 Å².